The van der Waals surface area contributed by atoms with E-state index in [4.69, 9.17) is 9.26 Å². The van der Waals surface area contributed by atoms with Gasteiger partial charge in [-0.1, -0.05) is 28.0 Å². The van der Waals surface area contributed by atoms with Crippen LogP contribution in [0.15, 0.2) is 33.3 Å². The van der Waals surface area contributed by atoms with Crippen LogP contribution >= 0.6 is 15.9 Å². The summed E-state index contributed by atoms with van der Waals surface area (Å²) in [5, 5.41) is 6.60. The van der Waals surface area contributed by atoms with E-state index in [1.165, 1.54) is 0 Å². The molecule has 0 aliphatic carbocycles. The van der Waals surface area contributed by atoms with Crippen molar-refractivity contribution >= 4 is 27.7 Å². The van der Waals surface area contributed by atoms with E-state index in [1.54, 1.807) is 20.1 Å². The van der Waals surface area contributed by atoms with Gasteiger partial charge in [0.05, 0.1) is 13.2 Å². The summed E-state index contributed by atoms with van der Waals surface area (Å²) in [5.74, 6) is 1.78. The molecule has 0 fully saturated rings. The Hall–Kier alpha value is -1.86. The minimum Gasteiger partial charge on any atom is -0.496 e. The first-order valence-electron chi connectivity index (χ1n) is 7.71. The second-order valence-electron chi connectivity index (χ2n) is 5.61. The maximum Gasteiger partial charge on any atom is 0.242 e. The van der Waals surface area contributed by atoms with Gasteiger partial charge < -0.3 is 14.6 Å². The van der Waals surface area contributed by atoms with E-state index in [2.05, 4.69) is 26.4 Å². The van der Waals surface area contributed by atoms with Gasteiger partial charge in [0.1, 0.15) is 11.5 Å². The Morgan fingerprint density at radius 2 is 2.21 bits per heavy atom. The third-order valence-electron chi connectivity index (χ3n) is 3.76. The van der Waals surface area contributed by atoms with Crippen molar-refractivity contribution in [2.45, 2.75) is 32.9 Å². The molecular formula is C17H22BrN3O3. The van der Waals surface area contributed by atoms with Crippen molar-refractivity contribution in [3.63, 3.8) is 0 Å². The van der Waals surface area contributed by atoms with Gasteiger partial charge >= 0.3 is 0 Å². The predicted octanol–water partition coefficient (Wildman–Crippen LogP) is 3.60. The van der Waals surface area contributed by atoms with Crippen molar-refractivity contribution in [1.29, 1.82) is 0 Å². The second-order valence-corrected chi connectivity index (χ2v) is 6.52. The molecule has 0 saturated heterocycles. The van der Waals surface area contributed by atoms with E-state index < -0.39 is 0 Å². The highest BCUT2D eigenvalue weighted by Crippen LogP contribution is 2.25. The van der Waals surface area contributed by atoms with Gasteiger partial charge in [-0.25, -0.2) is 0 Å². The molecule has 0 unspecified atom stereocenters. The van der Waals surface area contributed by atoms with E-state index in [0.29, 0.717) is 24.5 Å². The molecule has 24 heavy (non-hydrogen) atoms. The molecule has 0 aliphatic heterocycles. The van der Waals surface area contributed by atoms with Crippen molar-refractivity contribution in [2.24, 2.45) is 0 Å². The molecule has 1 N–H and O–H groups in total. The Kier molecular flexibility index (Phi) is 6.39. The molecule has 0 radical (unpaired) electrons. The summed E-state index contributed by atoms with van der Waals surface area (Å²) < 4.78 is 11.4. The molecule has 0 bridgehead atoms. The summed E-state index contributed by atoms with van der Waals surface area (Å²) in [7, 11) is 3.56. The van der Waals surface area contributed by atoms with E-state index in [0.717, 1.165) is 15.8 Å². The summed E-state index contributed by atoms with van der Waals surface area (Å²) in [6.45, 7) is 4.35. The number of amides is 1. The fourth-order valence-electron chi connectivity index (χ4n) is 2.58. The molecule has 1 aromatic carbocycles. The molecule has 7 heteroatoms. The van der Waals surface area contributed by atoms with Crippen LogP contribution in [0.5, 0.6) is 5.75 Å². The molecule has 1 amide bonds. The molecule has 1 atom stereocenters. The fraction of sp³-hybridized carbons (Fsp3) is 0.412. The van der Waals surface area contributed by atoms with Crippen LogP contribution in [0.1, 0.15) is 24.7 Å². The Morgan fingerprint density at radius 3 is 2.79 bits per heavy atom. The lowest BCUT2D eigenvalue weighted by atomic mass is 10.1. The Bertz CT molecular complexity index is 702. The zero-order valence-electron chi connectivity index (χ0n) is 14.3. The topological polar surface area (TPSA) is 67.6 Å². The summed E-state index contributed by atoms with van der Waals surface area (Å²) in [5.41, 5.74) is 1.01. The summed E-state index contributed by atoms with van der Waals surface area (Å²) >= 11 is 3.47. The van der Waals surface area contributed by atoms with Crippen molar-refractivity contribution in [3.8, 4) is 5.75 Å². The highest BCUT2D eigenvalue weighted by atomic mass is 79.9. The van der Waals surface area contributed by atoms with Gasteiger partial charge in [0.2, 0.25) is 5.91 Å². The number of benzene rings is 1. The number of nitrogens with zero attached hydrogens (tertiary/aromatic N) is 2. The van der Waals surface area contributed by atoms with Crippen molar-refractivity contribution < 1.29 is 14.1 Å². The van der Waals surface area contributed by atoms with E-state index in [-0.39, 0.29) is 11.9 Å². The van der Waals surface area contributed by atoms with Gasteiger partial charge in [-0.3, -0.25) is 9.69 Å². The van der Waals surface area contributed by atoms with Crippen LogP contribution in [0.2, 0.25) is 0 Å². The zero-order chi connectivity index (χ0) is 17.7. The van der Waals surface area contributed by atoms with Crippen molar-refractivity contribution in [1.82, 2.24) is 10.1 Å². The molecule has 0 saturated carbocycles. The lowest BCUT2D eigenvalue weighted by molar-refractivity contribution is -0.121. The number of carbonyl (C=O) groups excluding carboxylic acids is 1. The van der Waals surface area contributed by atoms with Crippen LogP contribution in [0, 0.1) is 6.92 Å². The number of carbonyl (C=O) groups is 1. The first kappa shape index (κ1) is 18.5. The molecular weight excluding hydrogens is 374 g/mol. The maximum absolute atomic E-state index is 12.5. The van der Waals surface area contributed by atoms with Gasteiger partial charge in [0, 0.05) is 22.6 Å². The third kappa shape index (κ3) is 4.58. The minimum atomic E-state index is -0.286. The highest BCUT2D eigenvalue weighted by molar-refractivity contribution is 9.10. The first-order valence-corrected chi connectivity index (χ1v) is 8.50. The molecule has 130 valence electrons. The number of ether oxygens (including phenoxy) is 1. The standard InChI is InChI=1S/C17H22BrN3O3/c1-5-14(17(22)19-16-8-11(2)24-20-16)21(3)10-12-9-13(18)6-7-15(12)23-4/h6-9,14H,5,10H2,1-4H3,(H,19,20,22)/t14-/m0/s1. The minimum absolute atomic E-state index is 0.109. The highest BCUT2D eigenvalue weighted by Gasteiger charge is 2.23. The number of aryl methyl sites for hydroxylation is 1. The average Bonchev–Trinajstić information content (AvgIpc) is 2.93. The summed E-state index contributed by atoms with van der Waals surface area (Å²) in [6.07, 6.45) is 0.676. The monoisotopic (exact) mass is 395 g/mol. The number of halogens is 1. The Morgan fingerprint density at radius 1 is 1.46 bits per heavy atom. The van der Waals surface area contributed by atoms with Gasteiger partial charge in [0.15, 0.2) is 5.82 Å². The van der Waals surface area contributed by atoms with Crippen LogP contribution in [-0.4, -0.2) is 36.2 Å². The third-order valence-corrected chi connectivity index (χ3v) is 4.26. The normalized spacial score (nSPS) is 12.2. The first-order chi connectivity index (χ1) is 11.4. The lowest BCUT2D eigenvalue weighted by Crippen LogP contribution is -2.41. The SMILES string of the molecule is CC[C@@H](C(=O)Nc1cc(C)on1)N(C)Cc1cc(Br)ccc1OC. The van der Waals surface area contributed by atoms with E-state index >= 15 is 0 Å². The number of rotatable bonds is 7. The zero-order valence-corrected chi connectivity index (χ0v) is 15.9. The summed E-state index contributed by atoms with van der Waals surface area (Å²) in [4.78, 5) is 14.5. The number of likely N-dealkylation sites (N-methyl/N-ethyl adjacent to an activating group) is 1. The molecule has 2 aromatic rings. The van der Waals surface area contributed by atoms with Gasteiger partial charge in [-0.05, 0) is 38.6 Å². The molecule has 6 nitrogen and oxygen atoms in total. The van der Waals surface area contributed by atoms with Crippen LogP contribution < -0.4 is 10.1 Å². The molecule has 1 heterocycles. The number of methoxy groups -OCH3 is 1. The number of hydrogen-bond acceptors (Lipinski definition) is 5. The summed E-state index contributed by atoms with van der Waals surface area (Å²) in [6, 6.07) is 7.25. The van der Waals surface area contributed by atoms with Crippen LogP contribution in [0.3, 0.4) is 0 Å². The van der Waals surface area contributed by atoms with Crippen LogP contribution in [0.4, 0.5) is 5.82 Å². The van der Waals surface area contributed by atoms with E-state index in [9.17, 15) is 4.79 Å². The fourth-order valence-corrected chi connectivity index (χ4v) is 2.99. The number of hydrogen-bond donors (Lipinski definition) is 1. The smallest absolute Gasteiger partial charge is 0.242 e. The molecule has 0 spiro atoms. The van der Waals surface area contributed by atoms with E-state index in [1.807, 2.05) is 37.1 Å². The second kappa shape index (κ2) is 8.30. The van der Waals surface area contributed by atoms with Crippen LogP contribution in [0.25, 0.3) is 0 Å². The predicted molar refractivity (Wildman–Crippen MR) is 96.1 cm³/mol. The number of aromatic nitrogens is 1. The Labute approximate surface area is 150 Å². The van der Waals surface area contributed by atoms with Gasteiger partial charge in [-0.15, -0.1) is 0 Å². The van der Waals surface area contributed by atoms with Crippen molar-refractivity contribution in [3.05, 3.63) is 40.1 Å². The molecule has 0 aliphatic rings. The largest absolute Gasteiger partial charge is 0.496 e. The number of anilines is 1. The Balaban J connectivity index is 2.09. The average molecular weight is 396 g/mol. The van der Waals surface area contributed by atoms with Crippen molar-refractivity contribution in [2.75, 3.05) is 19.5 Å². The van der Waals surface area contributed by atoms with Crippen LogP contribution in [-0.2, 0) is 11.3 Å². The maximum atomic E-state index is 12.5. The lowest BCUT2D eigenvalue weighted by Gasteiger charge is -2.26. The van der Waals surface area contributed by atoms with Gasteiger partial charge in [-0.2, -0.15) is 0 Å². The quantitative estimate of drug-likeness (QED) is 0.775. The molecule has 2 rings (SSSR count). The molecule has 1 aromatic heterocycles. The van der Waals surface area contributed by atoms with Gasteiger partial charge in [0.25, 0.3) is 0 Å². The number of nitrogens with one attached hydrogen (secondary N) is 1.